The van der Waals surface area contributed by atoms with Gasteiger partial charge in [-0.15, -0.1) is 0 Å². The molecule has 0 N–H and O–H groups in total. The molecule has 1 fully saturated rings. The van der Waals surface area contributed by atoms with E-state index in [-0.39, 0.29) is 5.56 Å². The first-order valence-electron chi connectivity index (χ1n) is 9.06. The van der Waals surface area contributed by atoms with Gasteiger partial charge in [-0.05, 0) is 18.2 Å². The van der Waals surface area contributed by atoms with Crippen LogP contribution in [0.2, 0.25) is 0 Å². The Labute approximate surface area is 160 Å². The number of aromatic nitrogens is 4. The van der Waals surface area contributed by atoms with E-state index in [0.29, 0.717) is 19.1 Å². The van der Waals surface area contributed by atoms with E-state index in [2.05, 4.69) is 15.0 Å². The molecule has 0 bridgehead atoms. The van der Waals surface area contributed by atoms with Crippen molar-refractivity contribution in [2.45, 2.75) is 19.6 Å². The number of fused-ring (bicyclic) bond motifs is 1. The van der Waals surface area contributed by atoms with E-state index in [0.717, 1.165) is 42.5 Å². The SMILES string of the molecule is O=c1ccc(-c2cccnc2)nn1CC1CN(c2nc3c(s2)COCC3)C1. The monoisotopic (exact) mass is 381 g/mol. The van der Waals surface area contributed by atoms with Gasteiger partial charge in [0.2, 0.25) is 0 Å². The third kappa shape index (κ3) is 3.26. The molecule has 3 aromatic heterocycles. The number of rotatable bonds is 4. The summed E-state index contributed by atoms with van der Waals surface area (Å²) in [4.78, 5) is 24.6. The molecule has 2 aliphatic heterocycles. The Morgan fingerprint density at radius 3 is 3.00 bits per heavy atom. The summed E-state index contributed by atoms with van der Waals surface area (Å²) in [5.74, 6) is 0.400. The van der Waals surface area contributed by atoms with Crippen molar-refractivity contribution in [3.8, 4) is 11.3 Å². The molecule has 3 aromatic rings. The number of thiazole rings is 1. The summed E-state index contributed by atoms with van der Waals surface area (Å²) in [5, 5.41) is 5.61. The Hall–Kier alpha value is -2.58. The van der Waals surface area contributed by atoms with Gasteiger partial charge in [-0.3, -0.25) is 9.78 Å². The molecule has 7 nitrogen and oxygen atoms in total. The van der Waals surface area contributed by atoms with Gasteiger partial charge < -0.3 is 9.64 Å². The van der Waals surface area contributed by atoms with E-state index >= 15 is 0 Å². The van der Waals surface area contributed by atoms with Crippen LogP contribution in [0.5, 0.6) is 0 Å². The highest BCUT2D eigenvalue weighted by molar-refractivity contribution is 7.15. The molecule has 138 valence electrons. The molecule has 5 rings (SSSR count). The molecular weight excluding hydrogens is 362 g/mol. The molecule has 5 heterocycles. The number of anilines is 1. The van der Waals surface area contributed by atoms with Crippen LogP contribution in [0.4, 0.5) is 5.13 Å². The summed E-state index contributed by atoms with van der Waals surface area (Å²) in [6.45, 7) is 3.87. The van der Waals surface area contributed by atoms with E-state index in [4.69, 9.17) is 9.72 Å². The normalized spacial score (nSPS) is 16.8. The van der Waals surface area contributed by atoms with Crippen LogP contribution in [0.25, 0.3) is 11.3 Å². The predicted molar refractivity (Wildman–Crippen MR) is 103 cm³/mol. The van der Waals surface area contributed by atoms with Crippen molar-refractivity contribution in [1.29, 1.82) is 0 Å². The average molecular weight is 381 g/mol. The lowest BCUT2D eigenvalue weighted by Gasteiger charge is -2.39. The minimum atomic E-state index is -0.0667. The molecule has 0 spiro atoms. The van der Waals surface area contributed by atoms with Crippen molar-refractivity contribution in [1.82, 2.24) is 19.7 Å². The Kier molecular flexibility index (Phi) is 4.21. The molecule has 0 atom stereocenters. The second kappa shape index (κ2) is 6.86. The van der Waals surface area contributed by atoms with Gasteiger partial charge in [0.1, 0.15) is 0 Å². The van der Waals surface area contributed by atoms with Crippen LogP contribution in [0.1, 0.15) is 10.6 Å². The maximum Gasteiger partial charge on any atom is 0.266 e. The molecule has 0 aliphatic carbocycles. The zero-order chi connectivity index (χ0) is 18.2. The Morgan fingerprint density at radius 1 is 1.26 bits per heavy atom. The molecule has 0 unspecified atom stereocenters. The highest BCUT2D eigenvalue weighted by atomic mass is 32.1. The fourth-order valence-electron chi connectivity index (χ4n) is 3.48. The van der Waals surface area contributed by atoms with E-state index in [1.54, 1.807) is 40.5 Å². The van der Waals surface area contributed by atoms with Crippen LogP contribution < -0.4 is 10.5 Å². The van der Waals surface area contributed by atoms with E-state index in [1.165, 1.54) is 10.6 Å². The van der Waals surface area contributed by atoms with Gasteiger partial charge in [0.05, 0.1) is 36.0 Å². The average Bonchev–Trinajstić information content (AvgIpc) is 3.10. The number of ether oxygens (including phenoxy) is 1. The Balaban J connectivity index is 1.27. The number of hydrogen-bond donors (Lipinski definition) is 0. The zero-order valence-corrected chi connectivity index (χ0v) is 15.6. The Morgan fingerprint density at radius 2 is 2.19 bits per heavy atom. The molecule has 0 amide bonds. The van der Waals surface area contributed by atoms with Gasteiger partial charge >= 0.3 is 0 Å². The van der Waals surface area contributed by atoms with Gasteiger partial charge in [0.25, 0.3) is 5.56 Å². The molecule has 8 heteroatoms. The number of pyridine rings is 1. The van der Waals surface area contributed by atoms with Crippen molar-refractivity contribution >= 4 is 16.5 Å². The van der Waals surface area contributed by atoms with Gasteiger partial charge in [-0.25, -0.2) is 9.67 Å². The minimum Gasteiger partial charge on any atom is -0.375 e. The molecule has 0 saturated carbocycles. The van der Waals surface area contributed by atoms with Crippen molar-refractivity contribution in [3.63, 3.8) is 0 Å². The minimum absolute atomic E-state index is 0.0667. The van der Waals surface area contributed by atoms with Crippen molar-refractivity contribution in [2.75, 3.05) is 24.6 Å². The fourth-order valence-corrected chi connectivity index (χ4v) is 4.54. The summed E-state index contributed by atoms with van der Waals surface area (Å²) < 4.78 is 7.08. The molecule has 2 aliphatic rings. The summed E-state index contributed by atoms with van der Waals surface area (Å²) >= 11 is 1.73. The molecule has 0 radical (unpaired) electrons. The van der Waals surface area contributed by atoms with Crippen molar-refractivity contribution in [3.05, 3.63) is 57.6 Å². The standard InChI is InChI=1S/C19H19N5O2S/c25-18-4-3-15(14-2-1-6-20-8-14)22-24(18)11-13-9-23(10-13)19-21-16-5-7-26-12-17(16)27-19/h1-4,6,8,13H,5,7,9-12H2. The third-order valence-corrected chi connectivity index (χ3v) is 6.10. The summed E-state index contributed by atoms with van der Waals surface area (Å²) in [6, 6.07) is 7.16. The lowest BCUT2D eigenvalue weighted by Crippen LogP contribution is -2.49. The second-order valence-electron chi connectivity index (χ2n) is 6.92. The van der Waals surface area contributed by atoms with Crippen molar-refractivity contribution < 1.29 is 4.74 Å². The van der Waals surface area contributed by atoms with Gasteiger partial charge in [-0.2, -0.15) is 5.10 Å². The largest absolute Gasteiger partial charge is 0.375 e. The van der Waals surface area contributed by atoms with E-state index < -0.39 is 0 Å². The Bertz CT molecular complexity index is 987. The molecule has 27 heavy (non-hydrogen) atoms. The lowest BCUT2D eigenvalue weighted by molar-refractivity contribution is 0.112. The maximum atomic E-state index is 12.2. The van der Waals surface area contributed by atoms with Crippen LogP contribution in [-0.2, 0) is 24.3 Å². The topological polar surface area (TPSA) is 73.1 Å². The van der Waals surface area contributed by atoms with Crippen LogP contribution in [0, 0.1) is 5.92 Å². The van der Waals surface area contributed by atoms with Gasteiger partial charge in [0, 0.05) is 49.5 Å². The summed E-state index contributed by atoms with van der Waals surface area (Å²) in [6.07, 6.45) is 4.39. The van der Waals surface area contributed by atoms with Crippen molar-refractivity contribution in [2.24, 2.45) is 5.92 Å². The highest BCUT2D eigenvalue weighted by Crippen LogP contribution is 2.33. The third-order valence-electron chi connectivity index (χ3n) is 4.97. The predicted octanol–water partition coefficient (Wildman–Crippen LogP) is 1.97. The van der Waals surface area contributed by atoms with Crippen LogP contribution in [0.3, 0.4) is 0 Å². The van der Waals surface area contributed by atoms with Gasteiger partial charge in [0.15, 0.2) is 5.13 Å². The van der Waals surface area contributed by atoms with Crippen LogP contribution in [0.15, 0.2) is 41.5 Å². The number of nitrogens with zero attached hydrogens (tertiary/aromatic N) is 5. The molecule has 1 saturated heterocycles. The first kappa shape index (κ1) is 16.6. The molecule has 0 aromatic carbocycles. The number of hydrogen-bond acceptors (Lipinski definition) is 7. The molecular formula is C19H19N5O2S. The first-order valence-corrected chi connectivity index (χ1v) is 9.88. The first-order chi connectivity index (χ1) is 13.3. The highest BCUT2D eigenvalue weighted by Gasteiger charge is 2.31. The smallest absolute Gasteiger partial charge is 0.266 e. The van der Waals surface area contributed by atoms with Gasteiger partial charge in [-0.1, -0.05) is 11.3 Å². The van der Waals surface area contributed by atoms with Crippen LogP contribution in [-0.4, -0.2) is 39.4 Å². The van der Waals surface area contributed by atoms with E-state index in [1.807, 2.05) is 12.1 Å². The fraction of sp³-hybridized carbons (Fsp3) is 0.368. The lowest BCUT2D eigenvalue weighted by atomic mass is 10.0. The van der Waals surface area contributed by atoms with Crippen LogP contribution >= 0.6 is 11.3 Å². The maximum absolute atomic E-state index is 12.2. The summed E-state index contributed by atoms with van der Waals surface area (Å²) in [7, 11) is 0. The zero-order valence-electron chi connectivity index (χ0n) is 14.7. The van der Waals surface area contributed by atoms with E-state index in [9.17, 15) is 4.79 Å². The summed E-state index contributed by atoms with van der Waals surface area (Å²) in [5.41, 5.74) is 2.80. The quantitative estimate of drug-likeness (QED) is 0.688. The second-order valence-corrected chi connectivity index (χ2v) is 7.98.